The van der Waals surface area contributed by atoms with Gasteiger partial charge in [-0.2, -0.15) is 4.33 Å². The van der Waals surface area contributed by atoms with Crippen LogP contribution < -0.4 is 179 Å². The molecule has 0 saturated carbocycles. The first-order chi connectivity index (χ1) is 29.5. The molecule has 28 nitrogen and oxygen atoms in total. The van der Waals surface area contributed by atoms with Gasteiger partial charge in [0.25, 0.3) is 0 Å². The number of sulfone groups is 2. The zero-order valence-electron chi connectivity index (χ0n) is 36.1. The molecule has 0 atom stereocenters. The average Bonchev–Trinajstić information content (AvgIpc) is 3.20. The Labute approximate surface area is 505 Å². The van der Waals surface area contributed by atoms with Crippen LogP contribution in [0.1, 0.15) is 10.4 Å². The van der Waals surface area contributed by atoms with E-state index in [1.54, 1.807) is 0 Å². The molecule has 344 valence electrons. The zero-order valence-corrected chi connectivity index (χ0v) is 51.0. The van der Waals surface area contributed by atoms with E-state index in [-0.39, 0.29) is 200 Å². The van der Waals surface area contributed by atoms with Crippen molar-refractivity contribution in [3.63, 3.8) is 0 Å². The molecule has 0 saturated heterocycles. The first-order valence-electron chi connectivity index (χ1n) is 16.0. The SMILES string of the molecule is COc1cc(S(=O)(=O)CCOSOO[O-])c(OC)cc1N=Nc1c(SOO[O-])cc2cc(S(=O)(=O)[O-])c(N=Nc3ccc(S(=O)(=O)CCOS(=O)(=O)[O-])cc3C(=O)[O-])c(N)c2c1O.[Na+].[Na+].[Na+].[Na+].[Na+]. The van der Waals surface area contributed by atoms with Crippen molar-refractivity contribution in [2.24, 2.45) is 20.5 Å². The molecule has 0 radical (unpaired) electrons. The summed E-state index contributed by atoms with van der Waals surface area (Å²) in [5.41, 5.74) is 1.88. The number of nitrogen functional groups attached to an aromatic ring is 1. The normalized spacial score (nSPS) is 11.8. The molecule has 0 fully saturated rings. The molecule has 0 aliphatic rings. The Kier molecular flexibility index (Phi) is 32.1. The number of carboxylic acid groups (broad SMARTS) is 1. The number of nitrogens with two attached hydrogens (primary N) is 1. The molecular formula is C29H24N5Na5O23S6. The maximum atomic E-state index is 13.1. The number of hydrogen-bond acceptors (Lipinski definition) is 30. The van der Waals surface area contributed by atoms with Crippen LogP contribution in [0.3, 0.4) is 0 Å². The van der Waals surface area contributed by atoms with Crippen molar-refractivity contribution in [1.29, 1.82) is 0 Å². The number of anilines is 1. The Morgan fingerprint density at radius 1 is 0.721 bits per heavy atom. The first-order valence-corrected chi connectivity index (χ1v) is 23.4. The van der Waals surface area contributed by atoms with Gasteiger partial charge in [0.15, 0.2) is 37.7 Å². The van der Waals surface area contributed by atoms with Crippen molar-refractivity contribution in [3.05, 3.63) is 48.0 Å². The number of carbonyl (C=O) groups is 1. The molecule has 4 aromatic carbocycles. The molecule has 68 heavy (non-hydrogen) atoms. The number of aromatic carboxylic acids is 1. The minimum atomic E-state index is -5.56. The summed E-state index contributed by atoms with van der Waals surface area (Å²) in [6.45, 7) is -1.62. The summed E-state index contributed by atoms with van der Waals surface area (Å²) in [6, 6.07) is 5.71. The van der Waals surface area contributed by atoms with Crippen LogP contribution in [-0.4, -0.2) is 92.8 Å². The van der Waals surface area contributed by atoms with Gasteiger partial charge in [0.2, 0.25) is 10.4 Å². The van der Waals surface area contributed by atoms with Crippen molar-refractivity contribution in [2.45, 2.75) is 19.6 Å². The van der Waals surface area contributed by atoms with Gasteiger partial charge in [-0.1, -0.05) is 0 Å². The number of hydrogen-bond donors (Lipinski definition) is 2. The smallest absolute Gasteiger partial charge is 0.744 e. The van der Waals surface area contributed by atoms with Crippen LogP contribution in [0, 0.1) is 0 Å². The van der Waals surface area contributed by atoms with Crippen molar-refractivity contribution in [3.8, 4) is 17.2 Å². The van der Waals surface area contributed by atoms with Crippen LogP contribution >= 0.6 is 24.4 Å². The van der Waals surface area contributed by atoms with Crippen LogP contribution in [0.4, 0.5) is 28.4 Å². The number of phenolic OH excluding ortho intramolecular Hbond substituents is 1. The molecule has 3 N–H and O–H groups in total. The Morgan fingerprint density at radius 2 is 1.31 bits per heavy atom. The van der Waals surface area contributed by atoms with Gasteiger partial charge in [0.1, 0.15) is 43.6 Å². The van der Waals surface area contributed by atoms with Crippen LogP contribution in [-0.2, 0) is 67.3 Å². The molecule has 0 unspecified atom stereocenters. The van der Waals surface area contributed by atoms with E-state index < -0.39 is 125 Å². The largest absolute Gasteiger partial charge is 1.00 e. The average molecular weight is 1120 g/mol. The van der Waals surface area contributed by atoms with E-state index in [0.29, 0.717) is 12.1 Å². The van der Waals surface area contributed by atoms with E-state index in [0.717, 1.165) is 44.6 Å². The van der Waals surface area contributed by atoms with E-state index >= 15 is 0 Å². The number of azo groups is 2. The van der Waals surface area contributed by atoms with Gasteiger partial charge < -0.3 is 49.8 Å². The third kappa shape index (κ3) is 19.1. The van der Waals surface area contributed by atoms with Gasteiger partial charge in [-0.3, -0.25) is 18.4 Å². The van der Waals surface area contributed by atoms with Crippen molar-refractivity contribution < 1.29 is 253 Å². The topological polar surface area (TPSA) is 438 Å². The Morgan fingerprint density at radius 3 is 1.87 bits per heavy atom. The Balaban J connectivity index is 0. The number of nitrogens with zero attached hydrogens (tertiary/aromatic N) is 4. The maximum Gasteiger partial charge on any atom is 1.00 e. The summed E-state index contributed by atoms with van der Waals surface area (Å²) in [6.07, 6.45) is 0. The predicted molar refractivity (Wildman–Crippen MR) is 200 cm³/mol. The minimum Gasteiger partial charge on any atom is -0.744 e. The van der Waals surface area contributed by atoms with E-state index in [2.05, 4.69) is 43.4 Å². The van der Waals surface area contributed by atoms with Crippen LogP contribution in [0.2, 0.25) is 0 Å². The number of aromatic hydroxyl groups is 1. The van der Waals surface area contributed by atoms with Gasteiger partial charge in [-0.15, -0.1) is 24.8 Å². The molecule has 0 spiro atoms. The molecule has 0 aromatic heterocycles. The summed E-state index contributed by atoms with van der Waals surface area (Å²) in [5.74, 6) is -5.34. The number of fused-ring (bicyclic) bond motifs is 1. The summed E-state index contributed by atoms with van der Waals surface area (Å²) in [4.78, 5) is 9.28. The third-order valence-electron chi connectivity index (χ3n) is 7.72. The number of ether oxygens (including phenoxy) is 2. The molecule has 4 rings (SSSR count). The van der Waals surface area contributed by atoms with Crippen molar-refractivity contribution in [2.75, 3.05) is 44.7 Å². The van der Waals surface area contributed by atoms with Crippen LogP contribution in [0.5, 0.6) is 17.2 Å². The molecule has 0 heterocycles. The van der Waals surface area contributed by atoms with Crippen LogP contribution in [0.25, 0.3) is 10.8 Å². The summed E-state index contributed by atoms with van der Waals surface area (Å²) >= 11 is 0.170. The van der Waals surface area contributed by atoms with Crippen LogP contribution in [0.15, 0.2) is 82.5 Å². The fourth-order valence-corrected chi connectivity index (χ4v) is 9.27. The second-order valence-corrected chi connectivity index (χ2v) is 19.3. The van der Waals surface area contributed by atoms with Gasteiger partial charge >= 0.3 is 148 Å². The van der Waals surface area contributed by atoms with E-state index in [4.69, 9.17) is 19.4 Å². The molecule has 0 amide bonds. The minimum absolute atomic E-state index is 0. The van der Waals surface area contributed by atoms with Gasteiger partial charge in [-0.25, -0.2) is 33.7 Å². The van der Waals surface area contributed by atoms with E-state index in [1.165, 1.54) is 0 Å². The molecule has 0 aliphatic carbocycles. The monoisotopic (exact) mass is 1120 g/mol. The number of carboxylic acids is 1. The van der Waals surface area contributed by atoms with E-state index in [9.17, 15) is 68.3 Å². The number of benzene rings is 4. The number of phenols is 1. The maximum absolute atomic E-state index is 13.1. The third-order valence-corrected chi connectivity index (χ3v) is 13.4. The van der Waals surface area contributed by atoms with Gasteiger partial charge in [-0.05, 0) is 35.7 Å². The molecule has 4 aromatic rings. The van der Waals surface area contributed by atoms with Crippen molar-refractivity contribution >= 4 is 110 Å². The Hall–Kier alpha value is 0.110. The standard InChI is InChI=1S/C29H29N5O23S6.5Na/c1-50-19-13-22(61(42,43)7-5-52-59-57-55-39)20(51-2)12-18(19)32-33-26-21(58-56-54-38)9-14-10-23(62(44,45)46)27(25(30)24(14)28(26)35)34-31-17-4-3-15(11-16(17)29(36)37)60(40,41)8-6-53-63(47,48)49;;;;;/h3-4,9-13,35,38-39H,5-8,30H2,1-2H3,(H,36,37)(H,44,45,46)(H,47,48,49);;;;;/q;5*+1/p-5. The first kappa shape index (κ1) is 70.2. The fourth-order valence-electron chi connectivity index (χ4n) is 5.04. The molecule has 0 bridgehead atoms. The molecule has 0 aliphatic heterocycles. The van der Waals surface area contributed by atoms with Crippen molar-refractivity contribution in [1.82, 2.24) is 0 Å². The quantitative estimate of drug-likeness (QED) is 0.00801. The number of methoxy groups -OCH3 is 2. The Bertz CT molecular complexity index is 2920. The van der Waals surface area contributed by atoms with Gasteiger partial charge in [0, 0.05) is 17.7 Å². The second kappa shape index (κ2) is 31.1. The summed E-state index contributed by atoms with van der Waals surface area (Å²) in [5, 5.41) is 64.9. The fraction of sp³-hybridized carbons (Fsp3) is 0.207. The zero-order chi connectivity index (χ0) is 46.9. The number of rotatable bonds is 23. The number of carbonyl (C=O) groups excluding carboxylic acids is 1. The molecular weight excluding hydrogens is 1090 g/mol. The summed E-state index contributed by atoms with van der Waals surface area (Å²) < 4.78 is 148. The van der Waals surface area contributed by atoms with E-state index in [1.807, 2.05) is 0 Å². The molecule has 39 heteroatoms. The summed E-state index contributed by atoms with van der Waals surface area (Å²) in [7, 11) is -17.3. The predicted octanol–water partition coefficient (Wildman–Crippen LogP) is -14.7. The second-order valence-electron chi connectivity index (χ2n) is 11.4. The van der Waals surface area contributed by atoms with Gasteiger partial charge in [0.05, 0.1) is 88.4 Å².